The summed E-state index contributed by atoms with van der Waals surface area (Å²) in [6.45, 7) is 5.97. The fourth-order valence-electron chi connectivity index (χ4n) is 3.47. The van der Waals surface area contributed by atoms with E-state index in [1.54, 1.807) is 0 Å². The van der Waals surface area contributed by atoms with Crippen molar-refractivity contribution in [2.24, 2.45) is 5.92 Å². The number of anilines is 1. The Balaban J connectivity index is 1.54. The summed E-state index contributed by atoms with van der Waals surface area (Å²) < 4.78 is 0. The molecule has 2 heterocycles. The fraction of sp³-hybridized carbons (Fsp3) is 0.500. The lowest BCUT2D eigenvalue weighted by Crippen LogP contribution is -2.35. The summed E-state index contributed by atoms with van der Waals surface area (Å²) in [6.07, 6.45) is 4.31. The zero-order valence-electron chi connectivity index (χ0n) is 17.1. The molecule has 1 aliphatic rings. The first-order valence-corrected chi connectivity index (χ1v) is 11.7. The van der Waals surface area contributed by atoms with Gasteiger partial charge in [0.1, 0.15) is 11.0 Å². The normalized spacial score (nSPS) is 15.9. The predicted molar refractivity (Wildman–Crippen MR) is 121 cm³/mol. The summed E-state index contributed by atoms with van der Waals surface area (Å²) in [4.78, 5) is 23.2. The van der Waals surface area contributed by atoms with Gasteiger partial charge in [-0.05, 0) is 44.1 Å². The van der Waals surface area contributed by atoms with Crippen LogP contribution in [-0.2, 0) is 11.2 Å². The number of hydrogen-bond acceptors (Lipinski definition) is 5. The third kappa shape index (κ3) is 6.89. The fourth-order valence-corrected chi connectivity index (χ4v) is 4.37. The average molecular weight is 433 g/mol. The topological polar surface area (TPSA) is 58.1 Å². The second-order valence-electron chi connectivity index (χ2n) is 7.62. The van der Waals surface area contributed by atoms with Crippen LogP contribution in [0.25, 0.3) is 0 Å². The van der Waals surface area contributed by atoms with Crippen molar-refractivity contribution in [3.8, 4) is 0 Å². The number of halogens is 1. The molecule has 29 heavy (non-hydrogen) atoms. The highest BCUT2D eigenvalue weighted by atomic mass is 35.5. The highest BCUT2D eigenvalue weighted by Gasteiger charge is 2.21. The Morgan fingerprint density at radius 3 is 2.69 bits per heavy atom. The molecular weight excluding hydrogens is 404 g/mol. The van der Waals surface area contributed by atoms with Gasteiger partial charge in [0, 0.05) is 25.2 Å². The average Bonchev–Trinajstić information content (AvgIpc) is 2.73. The molecule has 0 saturated carbocycles. The van der Waals surface area contributed by atoms with Crippen LogP contribution >= 0.6 is 23.4 Å². The first kappa shape index (κ1) is 21.9. The molecule has 1 atom stereocenters. The van der Waals surface area contributed by atoms with Crippen molar-refractivity contribution in [3.05, 3.63) is 47.1 Å². The van der Waals surface area contributed by atoms with E-state index in [2.05, 4.69) is 50.5 Å². The van der Waals surface area contributed by atoms with Gasteiger partial charge in [-0.1, -0.05) is 60.6 Å². The molecule has 0 aliphatic carbocycles. The number of thioether (sulfide) groups is 1. The van der Waals surface area contributed by atoms with E-state index < -0.39 is 0 Å². The second-order valence-corrected chi connectivity index (χ2v) is 8.95. The molecule has 0 radical (unpaired) electrons. The van der Waals surface area contributed by atoms with Crippen LogP contribution in [0.5, 0.6) is 0 Å². The summed E-state index contributed by atoms with van der Waals surface area (Å²) in [5.74, 6) is 1.84. The number of piperidine rings is 1. The van der Waals surface area contributed by atoms with Crippen LogP contribution in [0, 0.1) is 5.92 Å². The lowest BCUT2D eigenvalue weighted by molar-refractivity contribution is -0.119. The Kier molecular flexibility index (Phi) is 8.19. The molecule has 1 aromatic carbocycles. The molecule has 1 N–H and O–H groups in total. The SMILES string of the molecule is CCC(C)NC(=O)CSc1nc(Cl)cc(N2CCC(Cc3ccccc3)CC2)n1. The lowest BCUT2D eigenvalue weighted by Gasteiger charge is -2.33. The van der Waals surface area contributed by atoms with Crippen molar-refractivity contribution in [2.45, 2.75) is 50.7 Å². The summed E-state index contributed by atoms with van der Waals surface area (Å²) >= 11 is 7.57. The third-order valence-electron chi connectivity index (χ3n) is 5.32. The maximum atomic E-state index is 12.0. The lowest BCUT2D eigenvalue weighted by atomic mass is 9.90. The quantitative estimate of drug-likeness (QED) is 0.375. The Morgan fingerprint density at radius 2 is 2.00 bits per heavy atom. The maximum absolute atomic E-state index is 12.0. The van der Waals surface area contributed by atoms with Crippen LogP contribution in [0.15, 0.2) is 41.6 Å². The predicted octanol–water partition coefficient (Wildman–Crippen LogP) is 4.60. The number of hydrogen-bond donors (Lipinski definition) is 1. The second kappa shape index (κ2) is 10.8. The van der Waals surface area contributed by atoms with E-state index in [-0.39, 0.29) is 11.9 Å². The van der Waals surface area contributed by atoms with Crippen molar-refractivity contribution in [1.29, 1.82) is 0 Å². The highest BCUT2D eigenvalue weighted by Crippen LogP contribution is 2.27. The molecule has 1 unspecified atom stereocenters. The molecule has 1 saturated heterocycles. The summed E-state index contributed by atoms with van der Waals surface area (Å²) in [5.41, 5.74) is 1.41. The van der Waals surface area contributed by atoms with E-state index in [1.807, 2.05) is 19.9 Å². The summed E-state index contributed by atoms with van der Waals surface area (Å²) in [7, 11) is 0. The van der Waals surface area contributed by atoms with Gasteiger partial charge in [0.15, 0.2) is 5.16 Å². The molecule has 1 aliphatic heterocycles. The van der Waals surface area contributed by atoms with Crippen LogP contribution in [0.2, 0.25) is 5.15 Å². The smallest absolute Gasteiger partial charge is 0.230 e. The van der Waals surface area contributed by atoms with Crippen molar-refractivity contribution >= 4 is 35.1 Å². The molecule has 3 rings (SSSR count). The zero-order chi connectivity index (χ0) is 20.6. The molecular formula is C22H29ClN4OS. The van der Waals surface area contributed by atoms with Gasteiger partial charge < -0.3 is 10.2 Å². The van der Waals surface area contributed by atoms with Crippen LogP contribution in [0.3, 0.4) is 0 Å². The van der Waals surface area contributed by atoms with Gasteiger partial charge in [-0.25, -0.2) is 9.97 Å². The minimum Gasteiger partial charge on any atom is -0.356 e. The maximum Gasteiger partial charge on any atom is 0.230 e. The van der Waals surface area contributed by atoms with E-state index in [0.29, 0.717) is 22.0 Å². The van der Waals surface area contributed by atoms with E-state index in [4.69, 9.17) is 11.6 Å². The minimum absolute atomic E-state index is 0.00352. The van der Waals surface area contributed by atoms with Gasteiger partial charge in [0.05, 0.1) is 5.75 Å². The monoisotopic (exact) mass is 432 g/mol. The molecule has 7 heteroatoms. The summed E-state index contributed by atoms with van der Waals surface area (Å²) in [6, 6.07) is 12.7. The van der Waals surface area contributed by atoms with E-state index in [0.717, 1.165) is 44.6 Å². The number of rotatable bonds is 8. The molecule has 0 spiro atoms. The minimum atomic E-state index is -0.00352. The molecule has 1 amide bonds. The van der Waals surface area contributed by atoms with Crippen LogP contribution in [0.1, 0.15) is 38.7 Å². The molecule has 0 bridgehead atoms. The van der Waals surface area contributed by atoms with Crippen molar-refractivity contribution in [1.82, 2.24) is 15.3 Å². The summed E-state index contributed by atoms with van der Waals surface area (Å²) in [5, 5.41) is 3.93. The first-order valence-electron chi connectivity index (χ1n) is 10.3. The zero-order valence-corrected chi connectivity index (χ0v) is 18.7. The van der Waals surface area contributed by atoms with Crippen LogP contribution in [-0.4, -0.2) is 40.8 Å². The number of aromatic nitrogens is 2. The van der Waals surface area contributed by atoms with Gasteiger partial charge in [-0.2, -0.15) is 0 Å². The third-order valence-corrected chi connectivity index (χ3v) is 6.36. The van der Waals surface area contributed by atoms with Crippen molar-refractivity contribution in [3.63, 3.8) is 0 Å². The van der Waals surface area contributed by atoms with Crippen molar-refractivity contribution < 1.29 is 4.79 Å². The van der Waals surface area contributed by atoms with Crippen LogP contribution < -0.4 is 10.2 Å². The number of nitrogens with one attached hydrogen (secondary N) is 1. The van der Waals surface area contributed by atoms with E-state index in [9.17, 15) is 4.79 Å². The van der Waals surface area contributed by atoms with Gasteiger partial charge in [-0.3, -0.25) is 4.79 Å². The number of carbonyl (C=O) groups is 1. The van der Waals surface area contributed by atoms with E-state index in [1.165, 1.54) is 17.3 Å². The molecule has 1 fully saturated rings. The highest BCUT2D eigenvalue weighted by molar-refractivity contribution is 7.99. The molecule has 156 valence electrons. The van der Waals surface area contributed by atoms with Crippen LogP contribution in [0.4, 0.5) is 5.82 Å². The first-order chi connectivity index (χ1) is 14.0. The largest absolute Gasteiger partial charge is 0.356 e. The van der Waals surface area contributed by atoms with Gasteiger partial charge in [0.25, 0.3) is 0 Å². The number of amides is 1. The van der Waals surface area contributed by atoms with Gasteiger partial charge in [0.2, 0.25) is 5.91 Å². The Labute approximate surface area is 182 Å². The van der Waals surface area contributed by atoms with Crippen molar-refractivity contribution in [2.75, 3.05) is 23.7 Å². The van der Waals surface area contributed by atoms with Gasteiger partial charge >= 0.3 is 0 Å². The Hall–Kier alpha value is -1.79. The number of nitrogens with zero attached hydrogens (tertiary/aromatic N) is 3. The molecule has 5 nitrogen and oxygen atoms in total. The van der Waals surface area contributed by atoms with E-state index >= 15 is 0 Å². The number of carbonyl (C=O) groups excluding carboxylic acids is 1. The molecule has 1 aromatic heterocycles. The van der Waals surface area contributed by atoms with Gasteiger partial charge in [-0.15, -0.1) is 0 Å². The standard InChI is InChI=1S/C22H29ClN4OS/c1-3-16(2)24-21(28)15-29-22-25-19(23)14-20(26-22)27-11-9-18(10-12-27)13-17-7-5-4-6-8-17/h4-8,14,16,18H,3,9-13,15H2,1-2H3,(H,24,28). The number of benzene rings is 1. The Morgan fingerprint density at radius 1 is 1.28 bits per heavy atom. The molecule has 2 aromatic rings. The Bertz CT molecular complexity index is 797.